The quantitative estimate of drug-likeness (QED) is 0.492. The molecule has 152 valence electrons. The number of hydrogen-bond acceptors (Lipinski definition) is 4. The van der Waals surface area contributed by atoms with Gasteiger partial charge in [0.25, 0.3) is 0 Å². The van der Waals surface area contributed by atoms with Crippen molar-refractivity contribution in [2.24, 2.45) is 0 Å². The number of nitrogens with zero attached hydrogens (tertiary/aromatic N) is 2. The van der Waals surface area contributed by atoms with Gasteiger partial charge in [-0.15, -0.1) is 22.7 Å². The molecule has 0 fully saturated rings. The largest absolute Gasteiger partial charge is 0.332 e. The lowest BCUT2D eigenvalue weighted by molar-refractivity contribution is -0.142. The zero-order valence-electron chi connectivity index (χ0n) is 16.8. The Hall–Kier alpha value is -2.44. The second kappa shape index (κ2) is 10.4. The first-order valence-electron chi connectivity index (χ1n) is 9.69. The summed E-state index contributed by atoms with van der Waals surface area (Å²) in [6.07, 6.45) is 0.340. The molecule has 0 spiro atoms. The molecule has 3 aromatic rings. The van der Waals surface area contributed by atoms with Crippen LogP contribution >= 0.6 is 22.7 Å². The van der Waals surface area contributed by atoms with Gasteiger partial charge in [0.15, 0.2) is 0 Å². The van der Waals surface area contributed by atoms with Crippen LogP contribution in [0.1, 0.15) is 29.2 Å². The fourth-order valence-electron chi connectivity index (χ4n) is 3.09. The number of thiophene rings is 2. The van der Waals surface area contributed by atoms with Gasteiger partial charge in [-0.25, -0.2) is 0 Å². The lowest BCUT2D eigenvalue weighted by atomic mass is 10.2. The number of rotatable bonds is 9. The molecule has 0 aliphatic carbocycles. The highest BCUT2D eigenvalue weighted by Gasteiger charge is 2.24. The van der Waals surface area contributed by atoms with Crippen molar-refractivity contribution in [3.05, 3.63) is 80.7 Å². The molecule has 29 heavy (non-hydrogen) atoms. The number of hydrogen-bond donors (Lipinski definition) is 0. The molecule has 4 nitrogen and oxygen atoms in total. The third kappa shape index (κ3) is 6.27. The number of carbonyl (C=O) groups excluding carboxylic acids is 2. The Morgan fingerprint density at radius 3 is 2.07 bits per heavy atom. The normalized spacial score (nSPS) is 10.9. The van der Waals surface area contributed by atoms with E-state index in [1.165, 1.54) is 0 Å². The second-order valence-electron chi connectivity index (χ2n) is 7.19. The van der Waals surface area contributed by atoms with E-state index in [9.17, 15) is 9.59 Å². The van der Waals surface area contributed by atoms with Crippen LogP contribution in [-0.2, 0) is 29.1 Å². The van der Waals surface area contributed by atoms with Gasteiger partial charge in [0.2, 0.25) is 11.8 Å². The third-order valence-electron chi connectivity index (χ3n) is 4.65. The average Bonchev–Trinajstić information content (AvgIpc) is 3.40. The molecule has 2 heterocycles. The highest BCUT2D eigenvalue weighted by atomic mass is 32.1. The first-order chi connectivity index (χ1) is 14.0. The summed E-state index contributed by atoms with van der Waals surface area (Å²) in [5, 5.41) is 3.99. The predicted molar refractivity (Wildman–Crippen MR) is 120 cm³/mol. The van der Waals surface area contributed by atoms with Gasteiger partial charge in [0.05, 0.1) is 13.0 Å². The smallest absolute Gasteiger partial charge is 0.242 e. The van der Waals surface area contributed by atoms with Gasteiger partial charge in [-0.3, -0.25) is 9.59 Å². The highest BCUT2D eigenvalue weighted by Crippen LogP contribution is 2.17. The molecule has 0 bridgehead atoms. The van der Waals surface area contributed by atoms with Crippen LogP contribution in [-0.4, -0.2) is 34.2 Å². The standard InChI is InChI=1S/C23H26N2O2S2/c1-18(2)25(22(26)14-20-10-6-12-28-20)17-23(27)24(16-21-11-7-13-29-21)15-19-8-4-3-5-9-19/h3-13,18H,14-17H2,1-2H3. The molecule has 1 aromatic carbocycles. The molecule has 0 atom stereocenters. The molecule has 0 aliphatic heterocycles. The summed E-state index contributed by atoms with van der Waals surface area (Å²) < 4.78 is 0. The molecule has 2 amide bonds. The Morgan fingerprint density at radius 2 is 1.48 bits per heavy atom. The molecule has 0 N–H and O–H groups in total. The van der Waals surface area contributed by atoms with Gasteiger partial charge in [0, 0.05) is 22.3 Å². The molecule has 0 aliphatic rings. The summed E-state index contributed by atoms with van der Waals surface area (Å²) in [6, 6.07) is 17.9. The second-order valence-corrected chi connectivity index (χ2v) is 9.25. The van der Waals surface area contributed by atoms with Crippen molar-refractivity contribution < 1.29 is 9.59 Å². The summed E-state index contributed by atoms with van der Waals surface area (Å²) in [5.74, 6) is -0.0398. The zero-order chi connectivity index (χ0) is 20.6. The number of benzene rings is 1. The van der Waals surface area contributed by atoms with Crippen molar-refractivity contribution >= 4 is 34.5 Å². The third-order valence-corrected chi connectivity index (χ3v) is 6.39. The molecule has 2 aromatic heterocycles. The molecule has 6 heteroatoms. The van der Waals surface area contributed by atoms with E-state index in [4.69, 9.17) is 0 Å². The van der Waals surface area contributed by atoms with Crippen molar-refractivity contribution in [3.63, 3.8) is 0 Å². The monoisotopic (exact) mass is 426 g/mol. The van der Waals surface area contributed by atoms with Crippen molar-refractivity contribution in [2.75, 3.05) is 6.54 Å². The van der Waals surface area contributed by atoms with Crippen LogP contribution in [0.4, 0.5) is 0 Å². The minimum atomic E-state index is -0.0354. The van der Waals surface area contributed by atoms with Gasteiger partial charge < -0.3 is 9.80 Å². The van der Waals surface area contributed by atoms with Crippen LogP contribution < -0.4 is 0 Å². The van der Waals surface area contributed by atoms with Gasteiger partial charge in [-0.1, -0.05) is 42.5 Å². The van der Waals surface area contributed by atoms with Crippen LogP contribution in [0, 0.1) is 0 Å². The Kier molecular flexibility index (Phi) is 7.61. The van der Waals surface area contributed by atoms with Crippen molar-refractivity contribution in [3.8, 4) is 0 Å². The van der Waals surface area contributed by atoms with E-state index < -0.39 is 0 Å². The fraction of sp³-hybridized carbons (Fsp3) is 0.304. The van der Waals surface area contributed by atoms with E-state index in [-0.39, 0.29) is 24.4 Å². The maximum Gasteiger partial charge on any atom is 0.242 e. The molecule has 0 saturated heterocycles. The number of amides is 2. The highest BCUT2D eigenvalue weighted by molar-refractivity contribution is 7.10. The maximum atomic E-state index is 13.2. The predicted octanol–water partition coefficient (Wildman–Crippen LogP) is 4.82. The van der Waals surface area contributed by atoms with E-state index in [1.54, 1.807) is 27.6 Å². The summed E-state index contributed by atoms with van der Waals surface area (Å²) in [4.78, 5) is 31.8. The Bertz CT molecular complexity index is 890. The number of carbonyl (C=O) groups is 2. The van der Waals surface area contributed by atoms with E-state index in [0.717, 1.165) is 15.3 Å². The molecule has 3 rings (SSSR count). The molecular weight excluding hydrogens is 400 g/mol. The van der Waals surface area contributed by atoms with Gasteiger partial charge in [-0.2, -0.15) is 0 Å². The molecule has 0 unspecified atom stereocenters. The van der Waals surface area contributed by atoms with Gasteiger partial charge >= 0.3 is 0 Å². The van der Waals surface area contributed by atoms with E-state index in [1.807, 2.05) is 84.1 Å². The topological polar surface area (TPSA) is 40.6 Å². The Morgan fingerprint density at radius 1 is 0.828 bits per heavy atom. The van der Waals surface area contributed by atoms with E-state index in [2.05, 4.69) is 0 Å². The minimum absolute atomic E-state index is 0.00779. The molecule has 0 radical (unpaired) electrons. The summed E-state index contributed by atoms with van der Waals surface area (Å²) in [6.45, 7) is 5.10. The Balaban J connectivity index is 1.72. The first kappa shape index (κ1) is 21.3. The summed E-state index contributed by atoms with van der Waals surface area (Å²) >= 11 is 3.21. The van der Waals surface area contributed by atoms with Crippen LogP contribution in [0.3, 0.4) is 0 Å². The minimum Gasteiger partial charge on any atom is -0.332 e. The lowest BCUT2D eigenvalue weighted by Gasteiger charge is -2.30. The molecular formula is C23H26N2O2S2. The lowest BCUT2D eigenvalue weighted by Crippen LogP contribution is -2.46. The van der Waals surface area contributed by atoms with Crippen molar-refractivity contribution in [1.29, 1.82) is 0 Å². The maximum absolute atomic E-state index is 13.2. The van der Waals surface area contributed by atoms with Crippen LogP contribution in [0.15, 0.2) is 65.4 Å². The average molecular weight is 427 g/mol. The fourth-order valence-corrected chi connectivity index (χ4v) is 4.51. The summed E-state index contributed by atoms with van der Waals surface area (Å²) in [7, 11) is 0. The van der Waals surface area contributed by atoms with Crippen molar-refractivity contribution in [1.82, 2.24) is 9.80 Å². The SMILES string of the molecule is CC(C)N(CC(=O)N(Cc1ccccc1)Cc1cccs1)C(=O)Cc1cccs1. The van der Waals surface area contributed by atoms with Crippen LogP contribution in [0.5, 0.6) is 0 Å². The van der Waals surface area contributed by atoms with Gasteiger partial charge in [0.1, 0.15) is 6.54 Å². The van der Waals surface area contributed by atoms with E-state index >= 15 is 0 Å². The van der Waals surface area contributed by atoms with E-state index in [0.29, 0.717) is 19.5 Å². The molecule has 0 saturated carbocycles. The zero-order valence-corrected chi connectivity index (χ0v) is 18.4. The summed E-state index contributed by atoms with van der Waals surface area (Å²) in [5.41, 5.74) is 1.08. The Labute approximate surface area is 180 Å². The first-order valence-corrected chi connectivity index (χ1v) is 11.4. The van der Waals surface area contributed by atoms with Crippen LogP contribution in [0.25, 0.3) is 0 Å². The van der Waals surface area contributed by atoms with Crippen LogP contribution in [0.2, 0.25) is 0 Å². The van der Waals surface area contributed by atoms with Crippen molar-refractivity contribution in [2.45, 2.75) is 39.4 Å². The van der Waals surface area contributed by atoms with Gasteiger partial charge in [-0.05, 0) is 42.3 Å².